The van der Waals surface area contributed by atoms with Crippen LogP contribution in [-0.4, -0.2) is 12.6 Å². The summed E-state index contributed by atoms with van der Waals surface area (Å²) in [6.45, 7) is 5.29. The second-order valence-electron chi connectivity index (χ2n) is 4.99. The van der Waals surface area contributed by atoms with Crippen molar-refractivity contribution in [3.63, 3.8) is 0 Å². The van der Waals surface area contributed by atoms with Crippen molar-refractivity contribution >= 4 is 15.9 Å². The Bertz CT molecular complexity index is 388. The fraction of sp³-hybridized carbons (Fsp3) is 0.600. The maximum atomic E-state index is 6.17. The van der Waals surface area contributed by atoms with Gasteiger partial charge >= 0.3 is 0 Å². The molecule has 2 nitrogen and oxygen atoms in total. The van der Waals surface area contributed by atoms with Gasteiger partial charge in [-0.2, -0.15) is 0 Å². The molecule has 0 aromatic heterocycles. The topological polar surface area (TPSA) is 21.3 Å². The molecule has 0 bridgehead atoms. The molecule has 1 saturated carbocycles. The van der Waals surface area contributed by atoms with E-state index in [4.69, 9.17) is 4.74 Å². The first-order valence-electron chi connectivity index (χ1n) is 6.90. The van der Waals surface area contributed by atoms with E-state index >= 15 is 0 Å². The summed E-state index contributed by atoms with van der Waals surface area (Å²) >= 11 is 3.55. The lowest BCUT2D eigenvalue weighted by Crippen LogP contribution is -2.20. The van der Waals surface area contributed by atoms with Gasteiger partial charge in [-0.3, -0.25) is 0 Å². The Morgan fingerprint density at radius 3 is 2.78 bits per heavy atom. The Morgan fingerprint density at radius 2 is 2.11 bits per heavy atom. The van der Waals surface area contributed by atoms with Crippen molar-refractivity contribution < 1.29 is 4.74 Å². The lowest BCUT2D eigenvalue weighted by molar-refractivity contribution is 0.206. The van der Waals surface area contributed by atoms with Crippen LogP contribution in [0.4, 0.5) is 0 Å². The van der Waals surface area contributed by atoms with Gasteiger partial charge < -0.3 is 10.1 Å². The van der Waals surface area contributed by atoms with Gasteiger partial charge in [-0.15, -0.1) is 0 Å². The number of nitrogens with one attached hydrogen (secondary N) is 1. The Labute approximate surface area is 118 Å². The summed E-state index contributed by atoms with van der Waals surface area (Å²) in [6, 6.07) is 6.64. The maximum Gasteiger partial charge on any atom is 0.124 e. The SMILES string of the molecule is CCNC(C)c1cc(Br)ccc1OC1CCCC1. The molecule has 0 amide bonds. The van der Waals surface area contributed by atoms with E-state index in [1.807, 2.05) is 0 Å². The smallest absolute Gasteiger partial charge is 0.124 e. The van der Waals surface area contributed by atoms with Crippen LogP contribution < -0.4 is 10.1 Å². The van der Waals surface area contributed by atoms with Crippen molar-refractivity contribution in [2.75, 3.05) is 6.54 Å². The zero-order valence-electron chi connectivity index (χ0n) is 11.2. The Kier molecular flexibility index (Phi) is 5.07. The van der Waals surface area contributed by atoms with Crippen LogP contribution in [0.2, 0.25) is 0 Å². The zero-order valence-corrected chi connectivity index (χ0v) is 12.8. The summed E-state index contributed by atoms with van der Waals surface area (Å²) in [6.07, 6.45) is 5.42. The zero-order chi connectivity index (χ0) is 13.0. The summed E-state index contributed by atoms with van der Waals surface area (Å²) < 4.78 is 7.28. The molecule has 1 fully saturated rings. The van der Waals surface area contributed by atoms with Gasteiger partial charge in [-0.1, -0.05) is 22.9 Å². The molecule has 0 spiro atoms. The van der Waals surface area contributed by atoms with Crippen LogP contribution in [0.1, 0.15) is 51.1 Å². The van der Waals surface area contributed by atoms with E-state index < -0.39 is 0 Å². The van der Waals surface area contributed by atoms with Crippen molar-refractivity contribution in [2.45, 2.75) is 51.7 Å². The second-order valence-corrected chi connectivity index (χ2v) is 5.90. The van der Waals surface area contributed by atoms with Crippen molar-refractivity contribution in [2.24, 2.45) is 0 Å². The molecule has 1 aliphatic carbocycles. The van der Waals surface area contributed by atoms with Gasteiger partial charge in [0.05, 0.1) is 6.10 Å². The summed E-state index contributed by atoms with van der Waals surface area (Å²) in [5.41, 5.74) is 1.25. The number of hydrogen-bond donors (Lipinski definition) is 1. The number of ether oxygens (including phenoxy) is 1. The summed E-state index contributed by atoms with van der Waals surface area (Å²) in [7, 11) is 0. The third-order valence-corrected chi connectivity index (χ3v) is 4.04. The molecule has 0 radical (unpaired) electrons. The summed E-state index contributed by atoms with van der Waals surface area (Å²) in [5.74, 6) is 1.04. The highest BCUT2D eigenvalue weighted by atomic mass is 79.9. The number of benzene rings is 1. The molecular formula is C15H22BrNO. The van der Waals surface area contributed by atoms with Crippen LogP contribution in [0, 0.1) is 0 Å². The first-order valence-corrected chi connectivity index (χ1v) is 7.69. The van der Waals surface area contributed by atoms with Gasteiger partial charge in [-0.05, 0) is 57.4 Å². The highest BCUT2D eigenvalue weighted by Crippen LogP contribution is 2.32. The molecule has 1 atom stereocenters. The third kappa shape index (κ3) is 3.48. The normalized spacial score (nSPS) is 17.9. The molecule has 2 rings (SSSR count). The van der Waals surface area contributed by atoms with Crippen LogP contribution in [-0.2, 0) is 0 Å². The predicted molar refractivity (Wildman–Crippen MR) is 79.1 cm³/mol. The minimum absolute atomic E-state index is 0.323. The second kappa shape index (κ2) is 6.58. The van der Waals surface area contributed by atoms with Crippen molar-refractivity contribution in [3.8, 4) is 5.75 Å². The van der Waals surface area contributed by atoms with Crippen LogP contribution in [0.25, 0.3) is 0 Å². The van der Waals surface area contributed by atoms with E-state index in [0.717, 1.165) is 16.8 Å². The molecule has 1 aromatic rings. The molecule has 1 unspecified atom stereocenters. The van der Waals surface area contributed by atoms with Gasteiger partial charge in [0.25, 0.3) is 0 Å². The minimum atomic E-state index is 0.323. The predicted octanol–water partition coefficient (Wildman–Crippen LogP) is 4.44. The van der Waals surface area contributed by atoms with E-state index in [1.165, 1.54) is 31.2 Å². The van der Waals surface area contributed by atoms with Gasteiger partial charge in [0, 0.05) is 16.1 Å². The Morgan fingerprint density at radius 1 is 1.39 bits per heavy atom. The van der Waals surface area contributed by atoms with Gasteiger partial charge in [0.1, 0.15) is 5.75 Å². The Hall–Kier alpha value is -0.540. The van der Waals surface area contributed by atoms with E-state index in [-0.39, 0.29) is 0 Å². The molecular weight excluding hydrogens is 290 g/mol. The average Bonchev–Trinajstić information content (AvgIpc) is 2.84. The molecule has 18 heavy (non-hydrogen) atoms. The van der Waals surface area contributed by atoms with Gasteiger partial charge in [0.15, 0.2) is 0 Å². The maximum absolute atomic E-state index is 6.17. The highest BCUT2D eigenvalue weighted by Gasteiger charge is 2.19. The van der Waals surface area contributed by atoms with E-state index in [2.05, 4.69) is 53.3 Å². The largest absolute Gasteiger partial charge is 0.490 e. The summed E-state index contributed by atoms with van der Waals surface area (Å²) in [4.78, 5) is 0. The minimum Gasteiger partial charge on any atom is -0.490 e. The van der Waals surface area contributed by atoms with E-state index in [9.17, 15) is 0 Å². The molecule has 0 aliphatic heterocycles. The van der Waals surface area contributed by atoms with E-state index in [0.29, 0.717) is 12.1 Å². The molecule has 0 saturated heterocycles. The van der Waals surface area contributed by atoms with Crippen LogP contribution in [0.3, 0.4) is 0 Å². The first-order chi connectivity index (χ1) is 8.70. The standard InChI is InChI=1S/C15H22BrNO/c1-3-17-11(2)14-10-12(16)8-9-15(14)18-13-6-4-5-7-13/h8-11,13,17H,3-7H2,1-2H3. The van der Waals surface area contributed by atoms with Crippen molar-refractivity contribution in [3.05, 3.63) is 28.2 Å². The van der Waals surface area contributed by atoms with Crippen LogP contribution >= 0.6 is 15.9 Å². The van der Waals surface area contributed by atoms with E-state index in [1.54, 1.807) is 0 Å². The molecule has 1 N–H and O–H groups in total. The fourth-order valence-electron chi connectivity index (χ4n) is 2.57. The highest BCUT2D eigenvalue weighted by molar-refractivity contribution is 9.10. The lowest BCUT2D eigenvalue weighted by atomic mass is 10.1. The van der Waals surface area contributed by atoms with Crippen LogP contribution in [0.15, 0.2) is 22.7 Å². The quantitative estimate of drug-likeness (QED) is 0.868. The van der Waals surface area contributed by atoms with Crippen LogP contribution in [0.5, 0.6) is 5.75 Å². The third-order valence-electron chi connectivity index (χ3n) is 3.54. The number of rotatable bonds is 5. The first kappa shape index (κ1) is 13.9. The molecule has 3 heteroatoms. The summed E-state index contributed by atoms with van der Waals surface area (Å²) in [5, 5.41) is 3.45. The fourth-order valence-corrected chi connectivity index (χ4v) is 2.95. The lowest BCUT2D eigenvalue weighted by Gasteiger charge is -2.21. The van der Waals surface area contributed by atoms with Crippen molar-refractivity contribution in [1.82, 2.24) is 5.32 Å². The molecule has 1 aliphatic rings. The molecule has 1 aromatic carbocycles. The molecule has 100 valence electrons. The monoisotopic (exact) mass is 311 g/mol. The Balaban J connectivity index is 2.16. The van der Waals surface area contributed by atoms with Crippen molar-refractivity contribution in [1.29, 1.82) is 0 Å². The van der Waals surface area contributed by atoms with Gasteiger partial charge in [-0.25, -0.2) is 0 Å². The average molecular weight is 312 g/mol. The molecule has 0 heterocycles. The number of hydrogen-bond acceptors (Lipinski definition) is 2. The number of halogens is 1. The van der Waals surface area contributed by atoms with Gasteiger partial charge in [0.2, 0.25) is 0 Å².